The molecular weight excluding hydrogens is 320 g/mol. The highest BCUT2D eigenvalue weighted by Crippen LogP contribution is 2.29. The maximum Gasteiger partial charge on any atom is 0.246 e. The Kier molecular flexibility index (Phi) is 5.58. The van der Waals surface area contributed by atoms with E-state index in [0.717, 1.165) is 0 Å². The third-order valence-electron chi connectivity index (χ3n) is 2.34. The molecule has 5 nitrogen and oxygen atoms in total. The molecule has 7 heteroatoms. The summed E-state index contributed by atoms with van der Waals surface area (Å²) in [6, 6.07) is 4.91. The lowest BCUT2D eigenvalue weighted by molar-refractivity contribution is 0.329. The zero-order valence-corrected chi connectivity index (χ0v) is 12.8. The Morgan fingerprint density at radius 1 is 1.44 bits per heavy atom. The molecule has 0 aromatic heterocycles. The van der Waals surface area contributed by atoms with Crippen molar-refractivity contribution in [3.8, 4) is 5.75 Å². The van der Waals surface area contributed by atoms with E-state index in [0.29, 0.717) is 16.8 Å². The summed E-state index contributed by atoms with van der Waals surface area (Å²) in [5.41, 5.74) is 5.38. The molecule has 0 saturated heterocycles. The first-order chi connectivity index (χ1) is 8.43. The fourth-order valence-electron chi connectivity index (χ4n) is 1.43. The molecule has 0 heterocycles. The molecule has 1 aromatic rings. The van der Waals surface area contributed by atoms with Crippen molar-refractivity contribution in [3.05, 3.63) is 22.7 Å². The summed E-state index contributed by atoms with van der Waals surface area (Å²) in [6.07, 6.45) is 0. The van der Waals surface area contributed by atoms with E-state index in [1.54, 1.807) is 12.1 Å². The molecule has 0 amide bonds. The minimum atomic E-state index is -3.58. The van der Waals surface area contributed by atoms with Gasteiger partial charge in [-0.25, -0.2) is 8.42 Å². The highest BCUT2D eigenvalue weighted by molar-refractivity contribution is 9.10. The zero-order valence-electron chi connectivity index (χ0n) is 10.4. The third-order valence-corrected chi connectivity index (χ3v) is 4.71. The maximum absolute atomic E-state index is 12.3. The van der Waals surface area contributed by atoms with Crippen LogP contribution in [0.4, 0.5) is 0 Å². The van der Waals surface area contributed by atoms with Crippen LogP contribution in [0, 0.1) is 0 Å². The number of ether oxygens (including phenoxy) is 1. The van der Waals surface area contributed by atoms with Crippen LogP contribution < -0.4 is 10.5 Å². The Bertz CT molecular complexity index is 505. The van der Waals surface area contributed by atoms with Crippen molar-refractivity contribution in [2.24, 2.45) is 5.73 Å². The second kappa shape index (κ2) is 6.51. The molecule has 0 radical (unpaired) electrons. The van der Waals surface area contributed by atoms with Gasteiger partial charge in [0.15, 0.2) is 0 Å². The Balaban J connectivity index is 3.25. The molecular formula is C11H17BrN2O3S. The van der Waals surface area contributed by atoms with E-state index in [-0.39, 0.29) is 18.0 Å². The number of hydrogen-bond donors (Lipinski definition) is 1. The Morgan fingerprint density at radius 3 is 2.67 bits per heavy atom. The molecule has 0 aliphatic heterocycles. The normalized spacial score (nSPS) is 11.8. The molecule has 0 saturated carbocycles. The van der Waals surface area contributed by atoms with Gasteiger partial charge in [0.2, 0.25) is 10.0 Å². The van der Waals surface area contributed by atoms with Crippen molar-refractivity contribution in [2.75, 3.05) is 26.7 Å². The van der Waals surface area contributed by atoms with Crippen LogP contribution in [0.15, 0.2) is 27.6 Å². The average molecular weight is 337 g/mol. The molecule has 0 unspecified atom stereocenters. The summed E-state index contributed by atoms with van der Waals surface area (Å²) in [5, 5.41) is 0. The first kappa shape index (κ1) is 15.4. The van der Waals surface area contributed by atoms with Gasteiger partial charge in [0.05, 0.1) is 6.61 Å². The van der Waals surface area contributed by atoms with Crippen LogP contribution in [0.1, 0.15) is 6.92 Å². The van der Waals surface area contributed by atoms with Gasteiger partial charge in [-0.05, 0) is 25.1 Å². The summed E-state index contributed by atoms with van der Waals surface area (Å²) >= 11 is 3.26. The lowest BCUT2D eigenvalue weighted by Gasteiger charge is -2.18. The molecule has 0 bridgehead atoms. The number of nitrogens with two attached hydrogens (primary N) is 1. The van der Waals surface area contributed by atoms with Gasteiger partial charge in [-0.3, -0.25) is 0 Å². The SMILES string of the molecule is CCOc1ccc(Br)cc1S(=O)(=O)N(C)CCN. The van der Waals surface area contributed by atoms with E-state index >= 15 is 0 Å². The Hall–Kier alpha value is -0.630. The first-order valence-corrected chi connectivity index (χ1v) is 7.75. The van der Waals surface area contributed by atoms with Crippen LogP contribution in [0.25, 0.3) is 0 Å². The molecule has 0 spiro atoms. The summed E-state index contributed by atoms with van der Waals surface area (Å²) in [4.78, 5) is 0.148. The molecule has 1 rings (SSSR count). The second-order valence-electron chi connectivity index (χ2n) is 3.64. The molecule has 18 heavy (non-hydrogen) atoms. The summed E-state index contributed by atoms with van der Waals surface area (Å²) in [7, 11) is -2.08. The summed E-state index contributed by atoms with van der Waals surface area (Å²) in [6.45, 7) is 2.75. The van der Waals surface area contributed by atoms with Crippen LogP contribution in [-0.4, -0.2) is 39.5 Å². The van der Waals surface area contributed by atoms with Gasteiger partial charge in [-0.2, -0.15) is 4.31 Å². The topological polar surface area (TPSA) is 72.6 Å². The zero-order chi connectivity index (χ0) is 13.8. The van der Waals surface area contributed by atoms with Crippen LogP contribution in [0.2, 0.25) is 0 Å². The number of rotatable bonds is 6. The van der Waals surface area contributed by atoms with E-state index in [9.17, 15) is 8.42 Å². The highest BCUT2D eigenvalue weighted by Gasteiger charge is 2.24. The number of hydrogen-bond acceptors (Lipinski definition) is 4. The minimum Gasteiger partial charge on any atom is -0.492 e. The standard InChI is InChI=1S/C11H17BrN2O3S/c1-3-17-10-5-4-9(12)8-11(10)18(15,16)14(2)7-6-13/h4-5,8H,3,6-7,13H2,1-2H3. The lowest BCUT2D eigenvalue weighted by atomic mass is 10.3. The van der Waals surface area contributed by atoms with Crippen molar-refractivity contribution in [3.63, 3.8) is 0 Å². The average Bonchev–Trinajstić information content (AvgIpc) is 2.32. The minimum absolute atomic E-state index is 0.148. The summed E-state index contributed by atoms with van der Waals surface area (Å²) in [5.74, 6) is 0.351. The van der Waals surface area contributed by atoms with Crippen LogP contribution in [-0.2, 0) is 10.0 Å². The predicted molar refractivity (Wildman–Crippen MR) is 74.2 cm³/mol. The summed E-state index contributed by atoms with van der Waals surface area (Å²) < 4.78 is 31.9. The number of halogens is 1. The highest BCUT2D eigenvalue weighted by atomic mass is 79.9. The van der Waals surface area contributed by atoms with Gasteiger partial charge in [-0.1, -0.05) is 15.9 Å². The van der Waals surface area contributed by atoms with Crippen molar-refractivity contribution < 1.29 is 13.2 Å². The van der Waals surface area contributed by atoms with Crippen molar-refractivity contribution in [1.29, 1.82) is 0 Å². The molecule has 102 valence electrons. The molecule has 2 N–H and O–H groups in total. The Morgan fingerprint density at radius 2 is 2.11 bits per heavy atom. The van der Waals surface area contributed by atoms with Crippen LogP contribution in [0.3, 0.4) is 0 Å². The Labute approximate surface area is 116 Å². The number of sulfonamides is 1. The van der Waals surface area contributed by atoms with Gasteiger partial charge in [-0.15, -0.1) is 0 Å². The maximum atomic E-state index is 12.3. The van der Waals surface area contributed by atoms with Crippen molar-refractivity contribution >= 4 is 26.0 Å². The number of nitrogens with zero attached hydrogens (tertiary/aromatic N) is 1. The predicted octanol–water partition coefficient (Wildman–Crippen LogP) is 1.43. The molecule has 0 aliphatic carbocycles. The quantitative estimate of drug-likeness (QED) is 0.852. The van der Waals surface area contributed by atoms with Gasteiger partial charge in [0, 0.05) is 24.6 Å². The monoisotopic (exact) mass is 336 g/mol. The van der Waals surface area contributed by atoms with E-state index in [2.05, 4.69) is 15.9 Å². The van der Waals surface area contributed by atoms with Gasteiger partial charge < -0.3 is 10.5 Å². The van der Waals surface area contributed by atoms with E-state index in [1.165, 1.54) is 17.4 Å². The van der Waals surface area contributed by atoms with Gasteiger partial charge >= 0.3 is 0 Å². The molecule has 0 aliphatic rings. The first-order valence-electron chi connectivity index (χ1n) is 5.52. The van der Waals surface area contributed by atoms with Crippen molar-refractivity contribution in [2.45, 2.75) is 11.8 Å². The van der Waals surface area contributed by atoms with Crippen LogP contribution >= 0.6 is 15.9 Å². The third kappa shape index (κ3) is 3.44. The fraction of sp³-hybridized carbons (Fsp3) is 0.455. The largest absolute Gasteiger partial charge is 0.492 e. The molecule has 0 fully saturated rings. The van der Waals surface area contributed by atoms with Gasteiger partial charge in [0.1, 0.15) is 10.6 Å². The second-order valence-corrected chi connectivity index (χ2v) is 6.57. The fourth-order valence-corrected chi connectivity index (χ4v) is 3.28. The number of benzene rings is 1. The molecule has 0 atom stereocenters. The van der Waals surface area contributed by atoms with E-state index < -0.39 is 10.0 Å². The van der Waals surface area contributed by atoms with Gasteiger partial charge in [0.25, 0.3) is 0 Å². The molecule has 1 aromatic carbocycles. The number of likely N-dealkylation sites (N-methyl/N-ethyl adjacent to an activating group) is 1. The smallest absolute Gasteiger partial charge is 0.246 e. The lowest BCUT2D eigenvalue weighted by Crippen LogP contribution is -2.32. The van der Waals surface area contributed by atoms with Crippen LogP contribution in [0.5, 0.6) is 5.75 Å². The van der Waals surface area contributed by atoms with E-state index in [1.807, 2.05) is 6.92 Å². The van der Waals surface area contributed by atoms with Crippen molar-refractivity contribution in [1.82, 2.24) is 4.31 Å². The van der Waals surface area contributed by atoms with E-state index in [4.69, 9.17) is 10.5 Å².